The van der Waals surface area contributed by atoms with E-state index >= 15 is 0 Å². The highest BCUT2D eigenvalue weighted by Crippen LogP contribution is 2.19. The largest absolute Gasteiger partial charge is 0.497 e. The quantitative estimate of drug-likeness (QED) is 0.501. The van der Waals surface area contributed by atoms with Crippen molar-refractivity contribution >= 4 is 28.1 Å². The lowest BCUT2D eigenvalue weighted by Crippen LogP contribution is -2.18. The molecule has 6 heteroatoms. The van der Waals surface area contributed by atoms with Gasteiger partial charge < -0.3 is 9.30 Å². The summed E-state index contributed by atoms with van der Waals surface area (Å²) in [5.74, 6) is 0.530. The minimum atomic E-state index is -0.270. The van der Waals surface area contributed by atoms with Gasteiger partial charge in [-0.05, 0) is 71.4 Å². The van der Waals surface area contributed by atoms with Gasteiger partial charge in [-0.25, -0.2) is 5.43 Å². The van der Waals surface area contributed by atoms with Crippen molar-refractivity contribution in [3.63, 3.8) is 0 Å². The first-order valence-corrected chi connectivity index (χ1v) is 8.80. The fourth-order valence-electron chi connectivity index (χ4n) is 2.61. The number of halogens is 1. The Labute approximate surface area is 160 Å². The van der Waals surface area contributed by atoms with Crippen molar-refractivity contribution in [3.8, 4) is 11.4 Å². The van der Waals surface area contributed by atoms with Crippen LogP contribution in [0.1, 0.15) is 21.7 Å². The van der Waals surface area contributed by atoms with Crippen LogP contribution in [-0.4, -0.2) is 23.8 Å². The molecule has 1 heterocycles. The summed E-state index contributed by atoms with van der Waals surface area (Å²) in [7, 11) is 1.64. The highest BCUT2D eigenvalue weighted by Gasteiger charge is 2.09. The molecule has 0 bridgehead atoms. The smallest absolute Gasteiger partial charge is 0.272 e. The number of rotatable bonds is 5. The van der Waals surface area contributed by atoms with Crippen LogP contribution in [0.25, 0.3) is 5.69 Å². The molecule has 0 saturated carbocycles. The Morgan fingerprint density at radius 3 is 2.54 bits per heavy atom. The van der Waals surface area contributed by atoms with Gasteiger partial charge in [0.05, 0.1) is 24.6 Å². The van der Waals surface area contributed by atoms with Crippen molar-refractivity contribution in [1.82, 2.24) is 9.99 Å². The fraction of sp³-hybridized carbons (Fsp3) is 0.100. The molecule has 3 rings (SSSR count). The first kappa shape index (κ1) is 17.9. The molecule has 5 nitrogen and oxygen atoms in total. The summed E-state index contributed by atoms with van der Waals surface area (Å²) in [6, 6.07) is 18.9. The van der Waals surface area contributed by atoms with Crippen LogP contribution in [0.2, 0.25) is 0 Å². The molecule has 1 amide bonds. The molecule has 132 valence electrons. The number of nitrogens with one attached hydrogen (secondary N) is 1. The molecule has 0 atom stereocenters. The van der Waals surface area contributed by atoms with Crippen molar-refractivity contribution in [3.05, 3.63) is 82.1 Å². The van der Waals surface area contributed by atoms with Crippen LogP contribution in [-0.2, 0) is 0 Å². The number of hydrogen-bond donors (Lipinski definition) is 1. The molecule has 0 aliphatic heterocycles. The second-order valence-electron chi connectivity index (χ2n) is 5.61. The third-order valence-electron chi connectivity index (χ3n) is 3.92. The number of methoxy groups -OCH3 is 1. The van der Waals surface area contributed by atoms with E-state index in [1.54, 1.807) is 19.4 Å². The minimum Gasteiger partial charge on any atom is -0.497 e. The van der Waals surface area contributed by atoms with Crippen LogP contribution in [0.4, 0.5) is 0 Å². The lowest BCUT2D eigenvalue weighted by molar-refractivity contribution is 0.0954. The third-order valence-corrected chi connectivity index (χ3v) is 4.61. The Balaban J connectivity index is 1.79. The number of aromatic nitrogens is 1. The van der Waals surface area contributed by atoms with Gasteiger partial charge in [-0.1, -0.05) is 12.1 Å². The number of benzene rings is 2. The maximum atomic E-state index is 12.2. The summed E-state index contributed by atoms with van der Waals surface area (Å²) < 4.78 is 7.98. The first-order valence-electron chi connectivity index (χ1n) is 8.01. The summed E-state index contributed by atoms with van der Waals surface area (Å²) >= 11 is 3.36. The fourth-order valence-corrected chi connectivity index (χ4v) is 3.07. The molecule has 0 saturated heterocycles. The topological polar surface area (TPSA) is 55.6 Å². The van der Waals surface area contributed by atoms with E-state index in [0.29, 0.717) is 5.56 Å². The number of hydrazone groups is 1. The maximum absolute atomic E-state index is 12.2. The summed E-state index contributed by atoms with van der Waals surface area (Å²) in [5, 5.41) is 4.10. The molecule has 0 aliphatic rings. The van der Waals surface area contributed by atoms with E-state index in [9.17, 15) is 4.79 Å². The van der Waals surface area contributed by atoms with Crippen LogP contribution in [0.3, 0.4) is 0 Å². The van der Waals surface area contributed by atoms with E-state index in [-0.39, 0.29) is 5.91 Å². The average molecular weight is 412 g/mol. The van der Waals surface area contributed by atoms with Crippen LogP contribution in [0.15, 0.2) is 70.2 Å². The SMILES string of the molecule is COc1ccc(-n2c(C)ccc2/C=N/NC(=O)c2ccccc2Br)cc1. The second-order valence-corrected chi connectivity index (χ2v) is 6.47. The van der Waals surface area contributed by atoms with Crippen molar-refractivity contribution in [2.24, 2.45) is 5.10 Å². The zero-order valence-corrected chi connectivity index (χ0v) is 16.0. The van der Waals surface area contributed by atoms with Gasteiger partial charge in [-0.15, -0.1) is 0 Å². The number of amides is 1. The molecule has 0 aliphatic carbocycles. The Morgan fingerprint density at radius 2 is 1.85 bits per heavy atom. The van der Waals surface area contributed by atoms with Crippen LogP contribution < -0.4 is 10.2 Å². The Morgan fingerprint density at radius 1 is 1.12 bits per heavy atom. The van der Waals surface area contributed by atoms with Gasteiger partial charge in [-0.3, -0.25) is 4.79 Å². The monoisotopic (exact) mass is 411 g/mol. The van der Waals surface area contributed by atoms with E-state index in [0.717, 1.165) is 27.3 Å². The summed E-state index contributed by atoms with van der Waals surface area (Å²) in [6.45, 7) is 2.02. The molecular weight excluding hydrogens is 394 g/mol. The standard InChI is InChI=1S/C20H18BrN3O2/c1-14-7-8-16(24(14)15-9-11-17(26-2)12-10-15)13-22-23-20(25)18-5-3-4-6-19(18)21/h3-13H,1-2H3,(H,23,25)/b22-13+. The zero-order chi connectivity index (χ0) is 18.5. The van der Waals surface area contributed by atoms with Crippen molar-refractivity contribution in [2.45, 2.75) is 6.92 Å². The van der Waals surface area contributed by atoms with E-state index in [1.807, 2.05) is 66.1 Å². The maximum Gasteiger partial charge on any atom is 0.272 e. The second kappa shape index (κ2) is 8.01. The van der Waals surface area contributed by atoms with E-state index in [2.05, 4.69) is 26.5 Å². The highest BCUT2D eigenvalue weighted by atomic mass is 79.9. The molecule has 3 aromatic rings. The van der Waals surface area contributed by atoms with Gasteiger partial charge >= 0.3 is 0 Å². The van der Waals surface area contributed by atoms with Crippen molar-refractivity contribution in [2.75, 3.05) is 7.11 Å². The highest BCUT2D eigenvalue weighted by molar-refractivity contribution is 9.10. The Hall–Kier alpha value is -2.86. The normalized spacial score (nSPS) is 10.9. The van der Waals surface area contributed by atoms with Crippen molar-refractivity contribution in [1.29, 1.82) is 0 Å². The van der Waals surface area contributed by atoms with E-state index in [1.165, 1.54) is 0 Å². The number of ether oxygens (including phenoxy) is 1. The van der Waals surface area contributed by atoms with Gasteiger partial charge in [0, 0.05) is 15.9 Å². The zero-order valence-electron chi connectivity index (χ0n) is 14.4. The molecular formula is C20H18BrN3O2. The third kappa shape index (κ3) is 3.86. The molecule has 2 aromatic carbocycles. The molecule has 0 unspecified atom stereocenters. The molecule has 1 aromatic heterocycles. The molecule has 26 heavy (non-hydrogen) atoms. The summed E-state index contributed by atoms with van der Waals surface area (Å²) in [6.07, 6.45) is 1.63. The van der Waals surface area contributed by atoms with Crippen LogP contribution >= 0.6 is 15.9 Å². The lowest BCUT2D eigenvalue weighted by Gasteiger charge is -2.10. The number of carbonyl (C=O) groups is 1. The molecule has 1 N–H and O–H groups in total. The van der Waals surface area contributed by atoms with Gasteiger partial charge in [0.15, 0.2) is 0 Å². The van der Waals surface area contributed by atoms with Gasteiger partial charge in [0.1, 0.15) is 5.75 Å². The first-order chi connectivity index (χ1) is 12.6. The van der Waals surface area contributed by atoms with Gasteiger partial charge in [-0.2, -0.15) is 5.10 Å². The average Bonchev–Trinajstić information content (AvgIpc) is 3.02. The van der Waals surface area contributed by atoms with Crippen molar-refractivity contribution < 1.29 is 9.53 Å². The Kier molecular flexibility index (Phi) is 5.53. The van der Waals surface area contributed by atoms with Gasteiger partial charge in [0.2, 0.25) is 0 Å². The van der Waals surface area contributed by atoms with E-state index < -0.39 is 0 Å². The number of aryl methyl sites for hydroxylation is 1. The van der Waals surface area contributed by atoms with Crippen LogP contribution in [0, 0.1) is 6.92 Å². The molecule has 0 radical (unpaired) electrons. The number of hydrogen-bond acceptors (Lipinski definition) is 3. The predicted octanol–water partition coefficient (Wildman–Crippen LogP) is 4.32. The molecule has 0 spiro atoms. The lowest BCUT2D eigenvalue weighted by atomic mass is 10.2. The summed E-state index contributed by atoms with van der Waals surface area (Å²) in [5.41, 5.74) is 6.01. The van der Waals surface area contributed by atoms with E-state index in [4.69, 9.17) is 4.74 Å². The Bertz CT molecular complexity index is 946. The minimum absolute atomic E-state index is 0.270. The summed E-state index contributed by atoms with van der Waals surface area (Å²) in [4.78, 5) is 12.2. The predicted molar refractivity (Wildman–Crippen MR) is 106 cm³/mol. The van der Waals surface area contributed by atoms with Crippen LogP contribution in [0.5, 0.6) is 5.75 Å². The number of nitrogens with zero attached hydrogens (tertiary/aromatic N) is 2. The molecule has 0 fully saturated rings. The van der Waals surface area contributed by atoms with Gasteiger partial charge in [0.25, 0.3) is 5.91 Å². The number of carbonyl (C=O) groups excluding carboxylic acids is 1.